The van der Waals surface area contributed by atoms with Crippen molar-refractivity contribution in [3.05, 3.63) is 59.3 Å². The molecule has 1 aromatic heterocycles. The maximum absolute atomic E-state index is 6.12. The summed E-state index contributed by atoms with van der Waals surface area (Å²) >= 11 is 6.12. The first-order valence-electron chi connectivity index (χ1n) is 6.37. The molecule has 2 rings (SSSR count). The fourth-order valence-corrected chi connectivity index (χ4v) is 1.93. The van der Waals surface area contributed by atoms with Crippen molar-refractivity contribution in [2.45, 2.75) is 13.5 Å². The van der Waals surface area contributed by atoms with Crippen LogP contribution in [0.4, 0.5) is 11.8 Å². The second kappa shape index (κ2) is 6.91. The van der Waals surface area contributed by atoms with Gasteiger partial charge < -0.3 is 10.6 Å². The standard InChI is InChI=1S/C15H17ClN4/c1-3-8-17-14-9-11(2)19-15(20-14)18-10-12-6-4-5-7-13(12)16/h3-7,9H,1,8,10H2,2H3,(H2,17,18,19,20). The van der Waals surface area contributed by atoms with E-state index in [1.54, 1.807) is 6.08 Å². The molecule has 0 radical (unpaired) electrons. The van der Waals surface area contributed by atoms with Crippen molar-refractivity contribution in [2.75, 3.05) is 17.2 Å². The summed E-state index contributed by atoms with van der Waals surface area (Å²) in [5.41, 5.74) is 1.91. The molecule has 0 spiro atoms. The van der Waals surface area contributed by atoms with Crippen molar-refractivity contribution in [3.63, 3.8) is 0 Å². The first kappa shape index (κ1) is 14.3. The van der Waals surface area contributed by atoms with E-state index in [1.165, 1.54) is 0 Å². The van der Waals surface area contributed by atoms with Gasteiger partial charge in [-0.2, -0.15) is 4.98 Å². The number of anilines is 2. The van der Waals surface area contributed by atoms with Crippen molar-refractivity contribution in [1.29, 1.82) is 0 Å². The van der Waals surface area contributed by atoms with Crippen LogP contribution in [0.2, 0.25) is 5.02 Å². The van der Waals surface area contributed by atoms with Crippen LogP contribution < -0.4 is 10.6 Å². The number of rotatable bonds is 6. The highest BCUT2D eigenvalue weighted by Crippen LogP contribution is 2.16. The van der Waals surface area contributed by atoms with Gasteiger partial charge in [0.25, 0.3) is 0 Å². The van der Waals surface area contributed by atoms with Gasteiger partial charge in [-0.1, -0.05) is 35.9 Å². The molecule has 1 aromatic carbocycles. The fraction of sp³-hybridized carbons (Fsp3) is 0.200. The Bertz CT molecular complexity index is 598. The van der Waals surface area contributed by atoms with E-state index < -0.39 is 0 Å². The van der Waals surface area contributed by atoms with Crippen LogP contribution in [0.15, 0.2) is 43.0 Å². The van der Waals surface area contributed by atoms with Crippen molar-refractivity contribution in [2.24, 2.45) is 0 Å². The quantitative estimate of drug-likeness (QED) is 0.797. The van der Waals surface area contributed by atoms with E-state index in [4.69, 9.17) is 11.6 Å². The Morgan fingerprint density at radius 1 is 1.25 bits per heavy atom. The molecule has 1 heterocycles. The topological polar surface area (TPSA) is 49.8 Å². The summed E-state index contributed by atoms with van der Waals surface area (Å²) in [5.74, 6) is 1.36. The second-order valence-corrected chi connectivity index (χ2v) is 4.74. The molecule has 2 aromatic rings. The molecule has 5 heteroatoms. The lowest BCUT2D eigenvalue weighted by molar-refractivity contribution is 1.03. The zero-order valence-electron chi connectivity index (χ0n) is 11.4. The van der Waals surface area contributed by atoms with Gasteiger partial charge in [0.05, 0.1) is 0 Å². The molecule has 0 saturated carbocycles. The molecule has 0 fully saturated rings. The largest absolute Gasteiger partial charge is 0.366 e. The molecule has 0 bridgehead atoms. The molecule has 0 atom stereocenters. The molecule has 0 aliphatic heterocycles. The molecule has 0 aliphatic rings. The minimum Gasteiger partial charge on any atom is -0.366 e. The highest BCUT2D eigenvalue weighted by atomic mass is 35.5. The van der Waals surface area contributed by atoms with Crippen LogP contribution in [0.1, 0.15) is 11.3 Å². The summed E-state index contributed by atoms with van der Waals surface area (Å²) in [7, 11) is 0. The highest BCUT2D eigenvalue weighted by molar-refractivity contribution is 6.31. The Kier molecular flexibility index (Phi) is 4.96. The molecule has 4 nitrogen and oxygen atoms in total. The number of nitrogens with one attached hydrogen (secondary N) is 2. The summed E-state index contributed by atoms with van der Waals surface area (Å²) in [6.45, 7) is 6.86. The van der Waals surface area contributed by atoms with Crippen LogP contribution in [0.25, 0.3) is 0 Å². The van der Waals surface area contributed by atoms with Crippen LogP contribution in [0, 0.1) is 6.92 Å². The maximum Gasteiger partial charge on any atom is 0.225 e. The van der Waals surface area contributed by atoms with Crippen LogP contribution in [-0.4, -0.2) is 16.5 Å². The minimum atomic E-state index is 0.580. The monoisotopic (exact) mass is 288 g/mol. The number of aromatic nitrogens is 2. The average Bonchev–Trinajstić information content (AvgIpc) is 2.44. The minimum absolute atomic E-state index is 0.580. The Morgan fingerprint density at radius 2 is 2.05 bits per heavy atom. The number of nitrogens with zero attached hydrogens (tertiary/aromatic N) is 2. The molecule has 0 unspecified atom stereocenters. The maximum atomic E-state index is 6.12. The van der Waals surface area contributed by atoms with Gasteiger partial charge in [0.2, 0.25) is 5.95 Å². The number of hydrogen-bond acceptors (Lipinski definition) is 4. The van der Waals surface area contributed by atoms with E-state index >= 15 is 0 Å². The molecule has 0 amide bonds. The first-order valence-corrected chi connectivity index (χ1v) is 6.74. The van der Waals surface area contributed by atoms with Gasteiger partial charge in [-0.15, -0.1) is 6.58 Å². The SMILES string of the molecule is C=CCNc1cc(C)nc(NCc2ccccc2Cl)n1. The number of aryl methyl sites for hydroxylation is 1. The van der Waals surface area contributed by atoms with E-state index in [2.05, 4.69) is 27.2 Å². The van der Waals surface area contributed by atoms with Crippen LogP contribution in [0.5, 0.6) is 0 Å². The third kappa shape index (κ3) is 3.96. The number of halogens is 1. The normalized spacial score (nSPS) is 10.1. The third-order valence-electron chi connectivity index (χ3n) is 2.68. The van der Waals surface area contributed by atoms with Gasteiger partial charge in [0.15, 0.2) is 0 Å². The van der Waals surface area contributed by atoms with Crippen molar-refractivity contribution in [1.82, 2.24) is 9.97 Å². The molecule has 2 N–H and O–H groups in total. The van der Waals surface area contributed by atoms with Gasteiger partial charge in [-0.3, -0.25) is 0 Å². The van der Waals surface area contributed by atoms with Crippen molar-refractivity contribution >= 4 is 23.4 Å². The van der Waals surface area contributed by atoms with Crippen LogP contribution in [0.3, 0.4) is 0 Å². The summed E-state index contributed by atoms with van der Waals surface area (Å²) < 4.78 is 0. The Balaban J connectivity index is 2.07. The lowest BCUT2D eigenvalue weighted by atomic mass is 10.2. The Hall–Kier alpha value is -2.07. The Labute approximate surface area is 123 Å². The van der Waals surface area contributed by atoms with Crippen LogP contribution >= 0.6 is 11.6 Å². The van der Waals surface area contributed by atoms with Crippen molar-refractivity contribution < 1.29 is 0 Å². The molecule has 0 aliphatic carbocycles. The van der Waals surface area contributed by atoms with E-state index in [0.29, 0.717) is 19.0 Å². The molecular weight excluding hydrogens is 272 g/mol. The summed E-state index contributed by atoms with van der Waals surface area (Å²) in [5, 5.41) is 7.07. The second-order valence-electron chi connectivity index (χ2n) is 4.33. The zero-order valence-corrected chi connectivity index (χ0v) is 12.1. The average molecular weight is 289 g/mol. The molecule has 20 heavy (non-hydrogen) atoms. The van der Waals surface area contributed by atoms with E-state index in [-0.39, 0.29) is 0 Å². The fourth-order valence-electron chi connectivity index (χ4n) is 1.73. The van der Waals surface area contributed by atoms with E-state index in [1.807, 2.05) is 37.3 Å². The number of benzene rings is 1. The predicted molar refractivity (Wildman–Crippen MR) is 84.2 cm³/mol. The molecular formula is C15H17ClN4. The number of hydrogen-bond donors (Lipinski definition) is 2. The lowest BCUT2D eigenvalue weighted by Crippen LogP contribution is -2.08. The van der Waals surface area contributed by atoms with Crippen LogP contribution in [-0.2, 0) is 6.54 Å². The highest BCUT2D eigenvalue weighted by Gasteiger charge is 2.03. The zero-order chi connectivity index (χ0) is 14.4. The van der Waals surface area contributed by atoms with E-state index in [9.17, 15) is 0 Å². The van der Waals surface area contributed by atoms with Gasteiger partial charge in [0, 0.05) is 29.9 Å². The lowest BCUT2D eigenvalue weighted by Gasteiger charge is -2.09. The Morgan fingerprint density at radius 3 is 2.80 bits per heavy atom. The predicted octanol–water partition coefficient (Wildman–Crippen LogP) is 3.65. The van der Waals surface area contributed by atoms with E-state index in [0.717, 1.165) is 22.1 Å². The van der Waals surface area contributed by atoms with Gasteiger partial charge >= 0.3 is 0 Å². The summed E-state index contributed by atoms with van der Waals surface area (Å²) in [4.78, 5) is 8.75. The van der Waals surface area contributed by atoms with Gasteiger partial charge in [-0.05, 0) is 18.6 Å². The van der Waals surface area contributed by atoms with Gasteiger partial charge in [0.1, 0.15) is 5.82 Å². The third-order valence-corrected chi connectivity index (χ3v) is 3.05. The first-order chi connectivity index (χ1) is 9.69. The smallest absolute Gasteiger partial charge is 0.225 e. The van der Waals surface area contributed by atoms with Crippen molar-refractivity contribution in [3.8, 4) is 0 Å². The molecule has 0 saturated heterocycles. The van der Waals surface area contributed by atoms with Gasteiger partial charge in [-0.25, -0.2) is 4.98 Å². The summed E-state index contributed by atoms with van der Waals surface area (Å²) in [6.07, 6.45) is 1.79. The summed E-state index contributed by atoms with van der Waals surface area (Å²) in [6, 6.07) is 9.60. The molecule has 104 valence electrons.